The molecule has 1 unspecified atom stereocenters. The van der Waals surface area contributed by atoms with Gasteiger partial charge in [0, 0.05) is 10.0 Å². The maximum atomic E-state index is 13.0. The van der Waals surface area contributed by atoms with Crippen LogP contribution in [0.5, 0.6) is 11.5 Å². The normalized spacial score (nSPS) is 12.0. The number of ether oxygens (including phenoxy) is 2. The lowest BCUT2D eigenvalue weighted by Gasteiger charge is -2.14. The minimum absolute atomic E-state index is 0.283. The molecular weight excluding hydrogens is 339 g/mol. The summed E-state index contributed by atoms with van der Waals surface area (Å²) in [5, 5.41) is 9.57. The Morgan fingerprint density at radius 3 is 2.57 bits per heavy atom. The van der Waals surface area contributed by atoms with Crippen LogP contribution >= 0.6 is 15.9 Å². The molecule has 0 fully saturated rings. The van der Waals surface area contributed by atoms with Crippen LogP contribution in [0.15, 0.2) is 40.9 Å². The summed E-state index contributed by atoms with van der Waals surface area (Å²) in [6, 6.07) is 9.71. The average molecular weight is 355 g/mol. The van der Waals surface area contributed by atoms with Gasteiger partial charge in [-0.3, -0.25) is 0 Å². The van der Waals surface area contributed by atoms with Crippen LogP contribution < -0.4 is 9.47 Å². The van der Waals surface area contributed by atoms with Crippen molar-refractivity contribution >= 4 is 15.9 Å². The molecule has 5 heteroatoms. The molecule has 0 aliphatic rings. The number of hydrogen-bond donors (Lipinski definition) is 1. The van der Waals surface area contributed by atoms with Crippen molar-refractivity contribution in [3.63, 3.8) is 0 Å². The largest absolute Gasteiger partial charge is 0.493 e. The van der Waals surface area contributed by atoms with Gasteiger partial charge in [0.2, 0.25) is 0 Å². The van der Waals surface area contributed by atoms with E-state index in [-0.39, 0.29) is 12.4 Å². The Balaban J connectivity index is 2.16. The molecule has 0 aliphatic carbocycles. The van der Waals surface area contributed by atoms with E-state index in [0.717, 1.165) is 11.1 Å². The molecule has 112 valence electrons. The van der Waals surface area contributed by atoms with Crippen molar-refractivity contribution in [1.82, 2.24) is 0 Å². The van der Waals surface area contributed by atoms with Gasteiger partial charge in [-0.25, -0.2) is 4.39 Å². The second-order valence-electron chi connectivity index (χ2n) is 4.61. The fourth-order valence-electron chi connectivity index (χ4n) is 1.86. The average Bonchev–Trinajstić information content (AvgIpc) is 2.46. The first-order valence-corrected chi connectivity index (χ1v) is 7.23. The van der Waals surface area contributed by atoms with Crippen LogP contribution in [-0.2, 0) is 6.61 Å². The predicted molar refractivity (Wildman–Crippen MR) is 82.1 cm³/mol. The van der Waals surface area contributed by atoms with Crippen molar-refractivity contribution in [3.8, 4) is 11.5 Å². The Hall–Kier alpha value is -1.59. The Morgan fingerprint density at radius 2 is 1.95 bits per heavy atom. The monoisotopic (exact) mass is 354 g/mol. The van der Waals surface area contributed by atoms with Crippen molar-refractivity contribution in [2.75, 3.05) is 7.11 Å². The molecule has 0 spiro atoms. The number of aliphatic hydroxyl groups is 1. The van der Waals surface area contributed by atoms with Crippen LogP contribution in [0.3, 0.4) is 0 Å². The number of rotatable bonds is 5. The van der Waals surface area contributed by atoms with E-state index in [1.54, 1.807) is 38.3 Å². The topological polar surface area (TPSA) is 38.7 Å². The van der Waals surface area contributed by atoms with E-state index >= 15 is 0 Å². The number of halogens is 2. The van der Waals surface area contributed by atoms with Gasteiger partial charge < -0.3 is 14.6 Å². The highest BCUT2D eigenvalue weighted by Crippen LogP contribution is 2.31. The third-order valence-corrected chi connectivity index (χ3v) is 3.81. The molecule has 0 saturated heterocycles. The van der Waals surface area contributed by atoms with E-state index in [4.69, 9.17) is 9.47 Å². The van der Waals surface area contributed by atoms with Crippen molar-refractivity contribution in [3.05, 3.63) is 57.8 Å². The summed E-state index contributed by atoms with van der Waals surface area (Å²) in [6.45, 7) is 1.97. The van der Waals surface area contributed by atoms with Crippen molar-refractivity contribution in [1.29, 1.82) is 0 Å². The molecule has 0 saturated carbocycles. The SMILES string of the molecule is COc1cc(C(C)O)ccc1OCc1ccc(F)cc1Br. The van der Waals surface area contributed by atoms with Gasteiger partial charge in [0.05, 0.1) is 13.2 Å². The van der Waals surface area contributed by atoms with E-state index in [9.17, 15) is 9.50 Å². The first-order valence-electron chi connectivity index (χ1n) is 6.44. The van der Waals surface area contributed by atoms with Gasteiger partial charge in [-0.15, -0.1) is 0 Å². The number of hydrogen-bond acceptors (Lipinski definition) is 3. The number of methoxy groups -OCH3 is 1. The molecule has 2 aromatic carbocycles. The molecule has 1 N–H and O–H groups in total. The minimum Gasteiger partial charge on any atom is -0.493 e. The first-order chi connectivity index (χ1) is 10.0. The third-order valence-electron chi connectivity index (χ3n) is 3.07. The van der Waals surface area contributed by atoms with Crippen molar-refractivity contribution in [2.45, 2.75) is 19.6 Å². The smallest absolute Gasteiger partial charge is 0.161 e. The zero-order valence-electron chi connectivity index (χ0n) is 11.8. The Bertz CT molecular complexity index is 629. The summed E-state index contributed by atoms with van der Waals surface area (Å²) in [7, 11) is 1.54. The highest BCUT2D eigenvalue weighted by Gasteiger charge is 2.10. The summed E-state index contributed by atoms with van der Waals surface area (Å²) in [5.41, 5.74) is 1.58. The minimum atomic E-state index is -0.570. The number of benzene rings is 2. The van der Waals surface area contributed by atoms with Crippen LogP contribution in [0, 0.1) is 5.82 Å². The lowest BCUT2D eigenvalue weighted by Crippen LogP contribution is -2.00. The van der Waals surface area contributed by atoms with E-state index in [0.29, 0.717) is 16.0 Å². The summed E-state index contributed by atoms with van der Waals surface area (Å²) in [6.07, 6.45) is -0.570. The van der Waals surface area contributed by atoms with Gasteiger partial charge in [-0.2, -0.15) is 0 Å². The fraction of sp³-hybridized carbons (Fsp3) is 0.250. The summed E-state index contributed by atoms with van der Waals surface area (Å²) in [5.74, 6) is 0.814. The molecule has 0 heterocycles. The van der Waals surface area contributed by atoms with Crippen LogP contribution in [0.2, 0.25) is 0 Å². The van der Waals surface area contributed by atoms with Gasteiger partial charge in [-0.1, -0.05) is 28.1 Å². The lowest BCUT2D eigenvalue weighted by molar-refractivity contribution is 0.198. The van der Waals surface area contributed by atoms with E-state index in [2.05, 4.69) is 15.9 Å². The van der Waals surface area contributed by atoms with Gasteiger partial charge in [-0.05, 0) is 36.8 Å². The summed E-state index contributed by atoms with van der Waals surface area (Å²) >= 11 is 3.30. The summed E-state index contributed by atoms with van der Waals surface area (Å²) in [4.78, 5) is 0. The van der Waals surface area contributed by atoms with Gasteiger partial charge in [0.25, 0.3) is 0 Å². The van der Waals surface area contributed by atoms with E-state index in [1.165, 1.54) is 12.1 Å². The molecule has 0 aliphatic heterocycles. The Kier molecular flexibility index (Phi) is 5.20. The first kappa shape index (κ1) is 15.8. The van der Waals surface area contributed by atoms with Gasteiger partial charge in [0.15, 0.2) is 11.5 Å². The molecule has 0 amide bonds. The Morgan fingerprint density at radius 1 is 1.19 bits per heavy atom. The molecule has 21 heavy (non-hydrogen) atoms. The van der Waals surface area contributed by atoms with Crippen LogP contribution in [0.1, 0.15) is 24.2 Å². The van der Waals surface area contributed by atoms with E-state index < -0.39 is 6.10 Å². The van der Waals surface area contributed by atoms with Crippen LogP contribution in [-0.4, -0.2) is 12.2 Å². The molecule has 2 rings (SSSR count). The highest BCUT2D eigenvalue weighted by atomic mass is 79.9. The second kappa shape index (κ2) is 6.91. The van der Waals surface area contributed by atoms with Gasteiger partial charge in [0.1, 0.15) is 12.4 Å². The summed E-state index contributed by atoms with van der Waals surface area (Å²) < 4.78 is 24.7. The van der Waals surface area contributed by atoms with Crippen LogP contribution in [0.4, 0.5) is 4.39 Å². The highest BCUT2D eigenvalue weighted by molar-refractivity contribution is 9.10. The van der Waals surface area contributed by atoms with Gasteiger partial charge >= 0.3 is 0 Å². The van der Waals surface area contributed by atoms with Crippen molar-refractivity contribution in [2.24, 2.45) is 0 Å². The van der Waals surface area contributed by atoms with Crippen LogP contribution in [0.25, 0.3) is 0 Å². The third kappa shape index (κ3) is 3.95. The van der Waals surface area contributed by atoms with E-state index in [1.807, 2.05) is 0 Å². The molecule has 0 aromatic heterocycles. The maximum Gasteiger partial charge on any atom is 0.161 e. The molecule has 1 atom stereocenters. The second-order valence-corrected chi connectivity index (χ2v) is 5.47. The molecule has 0 radical (unpaired) electrons. The standard InChI is InChI=1S/C16H16BrFO3/c1-10(19)11-4-6-15(16(7-11)20-2)21-9-12-3-5-13(18)8-14(12)17/h3-8,10,19H,9H2,1-2H3. The molecular formula is C16H16BrFO3. The Labute approximate surface area is 131 Å². The van der Waals surface area contributed by atoms with Crippen molar-refractivity contribution < 1.29 is 19.0 Å². The zero-order chi connectivity index (χ0) is 15.4. The predicted octanol–water partition coefficient (Wildman–Crippen LogP) is 4.23. The fourth-order valence-corrected chi connectivity index (χ4v) is 2.32. The molecule has 2 aromatic rings. The number of aliphatic hydroxyl groups excluding tert-OH is 1. The maximum absolute atomic E-state index is 13.0. The lowest BCUT2D eigenvalue weighted by atomic mass is 10.1. The quantitative estimate of drug-likeness (QED) is 0.873. The molecule has 3 nitrogen and oxygen atoms in total. The zero-order valence-corrected chi connectivity index (χ0v) is 13.4. The molecule has 0 bridgehead atoms.